The highest BCUT2D eigenvalue weighted by Crippen LogP contribution is 2.51. The van der Waals surface area contributed by atoms with Crippen molar-refractivity contribution >= 4 is 43.6 Å². The zero-order valence-corrected chi connectivity index (χ0v) is 49.7. The van der Waals surface area contributed by atoms with Gasteiger partial charge < -0.3 is 9.13 Å². The molecule has 31 heteroatoms. The Morgan fingerprint density at radius 3 is 0.706 bits per heavy atom. The van der Waals surface area contributed by atoms with Gasteiger partial charge in [0.15, 0.2) is 0 Å². The first-order valence-electron chi connectivity index (χ1n) is 28.7. The fourth-order valence-electron chi connectivity index (χ4n) is 12.3. The molecule has 2 aromatic heterocycles. The van der Waals surface area contributed by atoms with Crippen molar-refractivity contribution in [2.75, 3.05) is 0 Å². The van der Waals surface area contributed by atoms with Crippen LogP contribution in [0.25, 0.3) is 111 Å². The van der Waals surface area contributed by atoms with Gasteiger partial charge in [0.05, 0.1) is 95.1 Å². The first-order chi connectivity index (χ1) is 47.1. The second-order valence-electron chi connectivity index (χ2n) is 23.0. The first kappa shape index (κ1) is 70.7. The number of nitrogens with zero attached hydrogens (tertiary/aromatic N) is 4. The summed E-state index contributed by atoms with van der Waals surface area (Å²) >= 11 is 0. The Morgan fingerprint density at radius 1 is 0.225 bits per heavy atom. The summed E-state index contributed by atoms with van der Waals surface area (Å²) in [5.41, 5.74) is -27.4. The Bertz CT molecular complexity index is 4970. The second kappa shape index (κ2) is 23.8. The van der Waals surface area contributed by atoms with Crippen molar-refractivity contribution in [1.29, 1.82) is 10.5 Å². The van der Waals surface area contributed by atoms with Crippen LogP contribution in [0.3, 0.4) is 0 Å². The van der Waals surface area contributed by atoms with Gasteiger partial charge >= 0.3 is 55.6 Å². The second-order valence-corrected chi connectivity index (χ2v) is 23.0. The van der Waals surface area contributed by atoms with Crippen LogP contribution in [0.5, 0.6) is 0 Å². The van der Waals surface area contributed by atoms with Gasteiger partial charge in [-0.25, -0.2) is 0 Å². The van der Waals surface area contributed by atoms with Gasteiger partial charge in [0.1, 0.15) is 11.6 Å². The number of alkyl halides is 27. The van der Waals surface area contributed by atoms with Crippen LogP contribution in [0.2, 0.25) is 0 Å². The van der Waals surface area contributed by atoms with E-state index in [0.717, 1.165) is 100 Å². The molecule has 0 aliphatic heterocycles. The van der Waals surface area contributed by atoms with Gasteiger partial charge in [0.2, 0.25) is 0 Å². The smallest absolute Gasteiger partial charge is 0.308 e. The van der Waals surface area contributed by atoms with Crippen molar-refractivity contribution in [1.82, 2.24) is 9.13 Å². The first-order valence-corrected chi connectivity index (χ1v) is 28.7. The van der Waals surface area contributed by atoms with E-state index in [1.807, 2.05) is 6.07 Å². The molecule has 522 valence electrons. The van der Waals surface area contributed by atoms with Gasteiger partial charge in [0.25, 0.3) is 0 Å². The number of rotatable bonds is 7. The number of halogens is 27. The van der Waals surface area contributed by atoms with E-state index in [0.29, 0.717) is 36.4 Å². The van der Waals surface area contributed by atoms with E-state index in [-0.39, 0.29) is 92.1 Å². The van der Waals surface area contributed by atoms with E-state index >= 15 is 0 Å². The highest BCUT2D eigenvalue weighted by atomic mass is 19.4. The molecule has 0 aliphatic carbocycles. The molecule has 12 aromatic rings. The summed E-state index contributed by atoms with van der Waals surface area (Å²) < 4.78 is 394. The Labute approximate surface area is 552 Å². The van der Waals surface area contributed by atoms with Gasteiger partial charge in [-0.1, -0.05) is 48.5 Å². The van der Waals surface area contributed by atoms with Crippen LogP contribution in [-0.2, 0) is 55.6 Å². The molecule has 0 unspecified atom stereocenters. The number of hydrogen-bond donors (Lipinski definition) is 0. The molecule has 10 aromatic carbocycles. The third kappa shape index (κ3) is 12.9. The van der Waals surface area contributed by atoms with Crippen molar-refractivity contribution in [3.05, 3.63) is 237 Å². The highest BCUT2D eigenvalue weighted by Gasteiger charge is 2.44. The number of hydrogen-bond acceptors (Lipinski definition) is 2. The third-order valence-corrected chi connectivity index (χ3v) is 16.8. The molecule has 4 nitrogen and oxygen atoms in total. The quantitative estimate of drug-likeness (QED) is 0.149. The van der Waals surface area contributed by atoms with Gasteiger partial charge in [-0.3, -0.25) is 0 Å². The van der Waals surface area contributed by atoms with Gasteiger partial charge in [0, 0.05) is 21.5 Å². The lowest BCUT2D eigenvalue weighted by Gasteiger charge is -2.20. The fourth-order valence-corrected chi connectivity index (χ4v) is 12.3. The maximum atomic E-state index is 14.9. The van der Waals surface area contributed by atoms with E-state index in [2.05, 4.69) is 0 Å². The summed E-state index contributed by atoms with van der Waals surface area (Å²) in [7, 11) is 0. The van der Waals surface area contributed by atoms with Gasteiger partial charge in [-0.2, -0.15) is 129 Å². The molecule has 12 rings (SSSR count). The van der Waals surface area contributed by atoms with Crippen LogP contribution in [-0.4, -0.2) is 9.13 Å². The Balaban J connectivity index is 1.23. The molecule has 0 N–H and O–H groups in total. The van der Waals surface area contributed by atoms with Crippen molar-refractivity contribution in [2.45, 2.75) is 55.6 Å². The Morgan fingerprint density at radius 2 is 0.480 bits per heavy atom. The minimum atomic E-state index is -5.57. The molecule has 0 aliphatic rings. The van der Waals surface area contributed by atoms with E-state index in [1.165, 1.54) is 0 Å². The molecule has 0 saturated carbocycles. The number of benzene rings is 10. The van der Waals surface area contributed by atoms with Crippen molar-refractivity contribution in [3.8, 4) is 79.1 Å². The Hall–Kier alpha value is -11.1. The molecule has 0 fully saturated rings. The maximum absolute atomic E-state index is 14.9. The zero-order valence-electron chi connectivity index (χ0n) is 49.7. The van der Waals surface area contributed by atoms with Crippen LogP contribution in [0.15, 0.2) is 176 Å². The zero-order chi connectivity index (χ0) is 74.5. The molecule has 0 bridgehead atoms. The minimum Gasteiger partial charge on any atom is -0.308 e. The van der Waals surface area contributed by atoms with Gasteiger partial charge in [-0.05, 0) is 183 Å². The molecule has 0 radical (unpaired) electrons. The SMILES string of the molecule is N#Cc1cc(-c2cc(-n3c4ccc(-c5ccc(C(F)(F)F)cc5C(F)(F)F)cc4c4cc(-c5ccc(C(F)(F)F)cc5C(F)(F)F)ccc43)c(C#N)c(-n3c4ccc(-c5ccc(C(F)(F)F)cc5C(F)(F)F)cc4c4cc(-c5ccc(C(F)(F)F)cc5C(F)(F)F)ccc43)c2)cc(C(F)(F)F)c1. The third-order valence-electron chi connectivity index (χ3n) is 16.8. The molecule has 0 spiro atoms. The lowest BCUT2D eigenvalue weighted by molar-refractivity contribution is -0.144. The van der Waals surface area contributed by atoms with E-state index < -0.39 is 184 Å². The highest BCUT2D eigenvalue weighted by molar-refractivity contribution is 6.14. The number of nitriles is 2. The maximum Gasteiger partial charge on any atom is 0.417 e. The molecular weight excluding hydrogens is 1420 g/mol. The summed E-state index contributed by atoms with van der Waals surface area (Å²) in [6.45, 7) is 0. The Kier molecular flexibility index (Phi) is 16.5. The summed E-state index contributed by atoms with van der Waals surface area (Å²) in [4.78, 5) is 0. The van der Waals surface area contributed by atoms with Crippen LogP contribution < -0.4 is 0 Å². The normalized spacial score (nSPS) is 13.2. The molecule has 0 saturated heterocycles. The molecule has 0 atom stereocenters. The standard InChI is InChI=1S/C71H29F27N4/c72-63(73,74)39-5-9-44(53(26-39)68(87,88)89)33-1-13-57-48(20-33)49-21-34(45-10-6-40(64(75,76)77)27-54(45)69(90,91)92)2-14-58(49)101(57)61-24-38(37-17-32(30-99)18-43(19-37)67(84,85)86)25-62(52(61)31-100)102-59-15-3-35(46-11-7-41(65(78,79)80)28-55(46)70(93,94)95)22-50(59)51-23-36(4-16-60(51)102)47-12-8-42(66(81,82)83)29-56(47)71(96,97)98/h1-29H. The summed E-state index contributed by atoms with van der Waals surface area (Å²) in [6.07, 6.45) is -49.0. The van der Waals surface area contributed by atoms with E-state index in [9.17, 15) is 129 Å². The molecular formula is C71H29F27N4. The topological polar surface area (TPSA) is 57.4 Å². The van der Waals surface area contributed by atoms with Crippen molar-refractivity contribution < 1.29 is 119 Å². The fraction of sp³-hybridized carbons (Fsp3) is 0.127. The summed E-state index contributed by atoms with van der Waals surface area (Å²) in [5, 5.41) is 20.2. The predicted molar refractivity (Wildman–Crippen MR) is 317 cm³/mol. The average Bonchev–Trinajstić information content (AvgIpc) is 1.56. The summed E-state index contributed by atoms with van der Waals surface area (Å²) in [6, 6.07) is 20.1. The largest absolute Gasteiger partial charge is 0.417 e. The van der Waals surface area contributed by atoms with Crippen molar-refractivity contribution in [2.24, 2.45) is 0 Å². The lowest BCUT2D eigenvalue weighted by atomic mass is 9.94. The van der Waals surface area contributed by atoms with Crippen LogP contribution in [0.1, 0.15) is 61.2 Å². The molecule has 0 amide bonds. The predicted octanol–water partition coefficient (Wildman–Crippen LogP) is 25.1. The van der Waals surface area contributed by atoms with E-state index in [1.54, 1.807) is 6.07 Å². The number of aromatic nitrogens is 2. The van der Waals surface area contributed by atoms with E-state index in [4.69, 9.17) is 0 Å². The van der Waals surface area contributed by atoms with Crippen LogP contribution in [0.4, 0.5) is 119 Å². The average molecular weight is 1450 g/mol. The lowest BCUT2D eigenvalue weighted by Crippen LogP contribution is -2.12. The monoisotopic (exact) mass is 1450 g/mol. The summed E-state index contributed by atoms with van der Waals surface area (Å²) in [5.74, 6) is 0. The van der Waals surface area contributed by atoms with Crippen LogP contribution >= 0.6 is 0 Å². The van der Waals surface area contributed by atoms with Crippen molar-refractivity contribution in [3.63, 3.8) is 0 Å². The minimum absolute atomic E-state index is 0.235. The van der Waals surface area contributed by atoms with Crippen LogP contribution in [0, 0.1) is 22.7 Å². The molecule has 102 heavy (non-hydrogen) atoms. The molecule has 2 heterocycles. The number of fused-ring (bicyclic) bond motifs is 6. The van der Waals surface area contributed by atoms with Gasteiger partial charge in [-0.15, -0.1) is 0 Å².